The van der Waals surface area contributed by atoms with E-state index < -0.39 is 15.8 Å². The van der Waals surface area contributed by atoms with E-state index >= 15 is 0 Å². The van der Waals surface area contributed by atoms with E-state index in [0.29, 0.717) is 15.9 Å². The van der Waals surface area contributed by atoms with E-state index in [-0.39, 0.29) is 16.4 Å². The van der Waals surface area contributed by atoms with Gasteiger partial charge in [-0.1, -0.05) is 23.5 Å². The maximum absolute atomic E-state index is 12.2. The van der Waals surface area contributed by atoms with E-state index in [0.717, 1.165) is 16.9 Å². The molecular weight excluding hydrogens is 468 g/mol. The number of carbonyl (C=O) groups excluding carboxylic acids is 1. The van der Waals surface area contributed by atoms with Crippen LogP contribution in [-0.4, -0.2) is 31.7 Å². The van der Waals surface area contributed by atoms with Crippen LogP contribution >= 0.6 is 27.3 Å². The van der Waals surface area contributed by atoms with Gasteiger partial charge in [0.05, 0.1) is 32.0 Å². The Morgan fingerprint density at radius 3 is 2.55 bits per heavy atom. The number of hydrazone groups is 1. The van der Waals surface area contributed by atoms with Gasteiger partial charge in [0, 0.05) is 24.4 Å². The normalized spacial score (nSPS) is 10.9. The molecule has 29 heavy (non-hydrogen) atoms. The van der Waals surface area contributed by atoms with Crippen LogP contribution in [-0.2, 0) is 6.54 Å². The van der Waals surface area contributed by atoms with Crippen LogP contribution in [0, 0.1) is 20.2 Å². The Morgan fingerprint density at radius 2 is 1.93 bits per heavy atom. The molecule has 13 heteroatoms. The maximum Gasteiger partial charge on any atom is 0.324 e. The highest BCUT2D eigenvalue weighted by Crippen LogP contribution is 2.22. The fourth-order valence-electron chi connectivity index (χ4n) is 2.26. The summed E-state index contributed by atoms with van der Waals surface area (Å²) >= 11 is 4.19. The molecule has 0 aliphatic rings. The Hall–Kier alpha value is -3.45. The number of carbonyl (C=O) groups is 1. The van der Waals surface area contributed by atoms with Gasteiger partial charge >= 0.3 is 5.00 Å². The number of nitrogens with zero attached hydrogens (tertiary/aromatic N) is 5. The van der Waals surface area contributed by atoms with Gasteiger partial charge in [-0.25, -0.2) is 5.43 Å². The number of non-ortho nitro benzene ring substituents is 1. The smallest absolute Gasteiger partial charge is 0.266 e. The van der Waals surface area contributed by atoms with E-state index in [1.54, 1.807) is 18.3 Å². The van der Waals surface area contributed by atoms with Gasteiger partial charge in [0.1, 0.15) is 0 Å². The summed E-state index contributed by atoms with van der Waals surface area (Å²) in [7, 11) is 0. The lowest BCUT2D eigenvalue weighted by Crippen LogP contribution is -2.19. The summed E-state index contributed by atoms with van der Waals surface area (Å²) in [6, 6.07) is 8.88. The second-order valence-corrected chi connectivity index (χ2v) is 7.53. The first-order valence-electron chi connectivity index (χ1n) is 7.87. The number of thiophene rings is 1. The van der Waals surface area contributed by atoms with Crippen molar-refractivity contribution in [2.75, 3.05) is 0 Å². The van der Waals surface area contributed by atoms with Gasteiger partial charge in [-0.15, -0.1) is 0 Å². The Bertz CT molecular complexity index is 1110. The van der Waals surface area contributed by atoms with Crippen LogP contribution in [0.15, 0.2) is 52.2 Å². The minimum atomic E-state index is -0.568. The minimum Gasteiger partial charge on any atom is -0.266 e. The predicted octanol–water partition coefficient (Wildman–Crippen LogP) is 3.34. The Balaban J connectivity index is 1.64. The number of rotatable bonds is 7. The molecule has 0 radical (unpaired) electrons. The number of nitro groups is 2. The van der Waals surface area contributed by atoms with Gasteiger partial charge in [-0.2, -0.15) is 10.2 Å². The molecule has 11 nitrogen and oxygen atoms in total. The lowest BCUT2D eigenvalue weighted by Gasteiger charge is -2.01. The van der Waals surface area contributed by atoms with Crippen molar-refractivity contribution in [2.24, 2.45) is 5.10 Å². The number of nitro benzene ring substituents is 1. The van der Waals surface area contributed by atoms with Crippen LogP contribution in [0.25, 0.3) is 0 Å². The summed E-state index contributed by atoms with van der Waals surface area (Å²) in [5, 5.41) is 29.3. The summed E-state index contributed by atoms with van der Waals surface area (Å²) in [4.78, 5) is 33.1. The summed E-state index contributed by atoms with van der Waals surface area (Å²) in [6.07, 6.45) is 2.90. The molecule has 1 N–H and O–H groups in total. The zero-order valence-corrected chi connectivity index (χ0v) is 16.8. The molecule has 2 aromatic heterocycles. The van der Waals surface area contributed by atoms with Crippen LogP contribution in [0.2, 0.25) is 0 Å². The van der Waals surface area contributed by atoms with Crippen LogP contribution in [0.1, 0.15) is 20.9 Å². The molecule has 3 rings (SSSR count). The van der Waals surface area contributed by atoms with Crippen LogP contribution in [0.5, 0.6) is 0 Å². The van der Waals surface area contributed by atoms with E-state index in [4.69, 9.17) is 0 Å². The molecule has 3 aromatic rings. The van der Waals surface area contributed by atoms with Crippen molar-refractivity contribution < 1.29 is 14.6 Å². The van der Waals surface area contributed by atoms with Crippen LogP contribution in [0.4, 0.5) is 10.7 Å². The molecule has 148 valence electrons. The number of hydrogen-bond acceptors (Lipinski definition) is 8. The first-order valence-corrected chi connectivity index (χ1v) is 9.48. The monoisotopic (exact) mass is 478 g/mol. The number of halogens is 1. The molecule has 0 spiro atoms. The second-order valence-electron chi connectivity index (χ2n) is 5.58. The summed E-state index contributed by atoms with van der Waals surface area (Å²) in [6.45, 7) is 0.312. The molecule has 0 saturated carbocycles. The number of benzene rings is 1. The van der Waals surface area contributed by atoms with Gasteiger partial charge in [0.25, 0.3) is 11.6 Å². The highest BCUT2D eigenvalue weighted by molar-refractivity contribution is 9.10. The zero-order valence-electron chi connectivity index (χ0n) is 14.4. The summed E-state index contributed by atoms with van der Waals surface area (Å²) in [5.74, 6) is -0.568. The number of hydrogen-bond donors (Lipinski definition) is 1. The van der Waals surface area contributed by atoms with Crippen LogP contribution in [0.3, 0.4) is 0 Å². The fourth-order valence-corrected chi connectivity index (χ4v) is 3.45. The van der Waals surface area contributed by atoms with E-state index in [1.807, 2.05) is 0 Å². The van der Waals surface area contributed by atoms with E-state index in [2.05, 4.69) is 31.6 Å². The van der Waals surface area contributed by atoms with Crippen molar-refractivity contribution in [3.8, 4) is 0 Å². The first kappa shape index (κ1) is 20.3. The minimum absolute atomic E-state index is 0.00982. The van der Waals surface area contributed by atoms with Crippen molar-refractivity contribution >= 4 is 50.1 Å². The zero-order chi connectivity index (χ0) is 21.0. The summed E-state index contributed by atoms with van der Waals surface area (Å²) < 4.78 is 1.95. The molecule has 0 bridgehead atoms. The standard InChI is InChI=1S/C16H11BrN6O5S/c17-13-9-21(8-10-1-3-11(4-2-10)22(25)26)20-15(13)16(24)19-18-7-12-5-6-14(29-12)23(27)28/h1-7,9H,8H2,(H,19,24). The average molecular weight is 479 g/mol. The van der Waals surface area contributed by atoms with Gasteiger partial charge in [0.2, 0.25) is 0 Å². The largest absolute Gasteiger partial charge is 0.324 e. The van der Waals surface area contributed by atoms with Gasteiger partial charge in [-0.05, 0) is 27.6 Å². The molecular formula is C16H11BrN6O5S. The van der Waals surface area contributed by atoms with Crippen molar-refractivity contribution in [1.82, 2.24) is 15.2 Å². The average Bonchev–Trinajstić information content (AvgIpc) is 3.29. The highest BCUT2D eigenvalue weighted by Gasteiger charge is 2.15. The fraction of sp³-hybridized carbons (Fsp3) is 0.0625. The lowest BCUT2D eigenvalue weighted by atomic mass is 10.2. The summed E-state index contributed by atoms with van der Waals surface area (Å²) in [5.41, 5.74) is 3.17. The van der Waals surface area contributed by atoms with Crippen molar-refractivity contribution in [3.63, 3.8) is 0 Å². The quantitative estimate of drug-likeness (QED) is 0.313. The molecule has 0 unspecified atom stereocenters. The van der Waals surface area contributed by atoms with Gasteiger partial charge < -0.3 is 0 Å². The topological polar surface area (TPSA) is 146 Å². The van der Waals surface area contributed by atoms with Crippen molar-refractivity contribution in [1.29, 1.82) is 0 Å². The van der Waals surface area contributed by atoms with Gasteiger partial charge in [0.15, 0.2) is 5.69 Å². The molecule has 0 saturated heterocycles. The molecule has 0 aliphatic carbocycles. The third-order valence-electron chi connectivity index (χ3n) is 3.57. The second kappa shape index (κ2) is 8.70. The number of nitrogens with one attached hydrogen (secondary N) is 1. The first-order chi connectivity index (χ1) is 13.8. The van der Waals surface area contributed by atoms with Gasteiger partial charge in [-0.3, -0.25) is 29.7 Å². The molecule has 0 atom stereocenters. The lowest BCUT2D eigenvalue weighted by molar-refractivity contribution is -0.384. The Kier molecular flexibility index (Phi) is 6.09. The Morgan fingerprint density at radius 1 is 1.21 bits per heavy atom. The predicted molar refractivity (Wildman–Crippen MR) is 108 cm³/mol. The molecule has 1 amide bonds. The Labute approximate surface area is 175 Å². The molecule has 0 aliphatic heterocycles. The SMILES string of the molecule is O=C(NN=Cc1ccc([N+](=O)[O-])s1)c1nn(Cc2ccc([N+](=O)[O-])cc2)cc1Br. The van der Waals surface area contributed by atoms with Crippen molar-refractivity contribution in [3.05, 3.63) is 83.4 Å². The molecule has 1 aromatic carbocycles. The van der Waals surface area contributed by atoms with Crippen molar-refractivity contribution in [2.45, 2.75) is 6.54 Å². The number of amides is 1. The third-order valence-corrected chi connectivity index (χ3v) is 5.13. The molecule has 0 fully saturated rings. The maximum atomic E-state index is 12.2. The third kappa shape index (κ3) is 5.08. The van der Waals surface area contributed by atoms with Crippen LogP contribution < -0.4 is 5.43 Å². The van der Waals surface area contributed by atoms with E-state index in [1.165, 1.54) is 35.2 Å². The molecule has 2 heterocycles. The highest BCUT2D eigenvalue weighted by atomic mass is 79.9. The number of aromatic nitrogens is 2. The van der Waals surface area contributed by atoms with E-state index in [9.17, 15) is 25.0 Å².